The van der Waals surface area contributed by atoms with Crippen molar-refractivity contribution in [3.05, 3.63) is 0 Å². The van der Waals surface area contributed by atoms with E-state index in [-0.39, 0.29) is 31.1 Å². The summed E-state index contributed by atoms with van der Waals surface area (Å²) in [6, 6.07) is 0. The first-order valence-corrected chi connectivity index (χ1v) is 28.0. The highest BCUT2D eigenvalue weighted by Gasteiger charge is 2.19. The zero-order chi connectivity index (χ0) is 45.1. The summed E-state index contributed by atoms with van der Waals surface area (Å²) in [6.45, 7) is 6.69. The van der Waals surface area contributed by atoms with Gasteiger partial charge in [-0.2, -0.15) is 0 Å². The van der Waals surface area contributed by atoms with Crippen molar-refractivity contribution in [2.24, 2.45) is 0 Å². The van der Waals surface area contributed by atoms with Gasteiger partial charge in [0.2, 0.25) is 0 Å². The van der Waals surface area contributed by atoms with Gasteiger partial charge in [0.1, 0.15) is 13.2 Å². The van der Waals surface area contributed by atoms with Crippen LogP contribution in [0.3, 0.4) is 0 Å². The minimum atomic E-state index is -0.760. The van der Waals surface area contributed by atoms with Gasteiger partial charge in [0.25, 0.3) is 0 Å². The first-order valence-electron chi connectivity index (χ1n) is 28.0. The summed E-state index contributed by atoms with van der Waals surface area (Å²) in [5.74, 6) is -0.836. The van der Waals surface area contributed by atoms with Crippen LogP contribution < -0.4 is 0 Å². The second-order valence-corrected chi connectivity index (χ2v) is 19.2. The van der Waals surface area contributed by atoms with Crippen molar-refractivity contribution in [2.75, 3.05) is 13.2 Å². The Kier molecular flexibility index (Phi) is 50.7. The molecule has 0 fully saturated rings. The summed E-state index contributed by atoms with van der Waals surface area (Å²) in [7, 11) is 0. The lowest BCUT2D eigenvalue weighted by molar-refractivity contribution is -0.167. The Hall–Kier alpha value is -1.59. The minimum Gasteiger partial charge on any atom is -0.462 e. The zero-order valence-corrected chi connectivity index (χ0v) is 42.2. The fourth-order valence-corrected chi connectivity index (χ4v) is 8.62. The third kappa shape index (κ3) is 49.4. The molecule has 0 saturated heterocycles. The largest absolute Gasteiger partial charge is 0.462 e. The Labute approximate surface area is 387 Å². The molecule has 6 nitrogen and oxygen atoms in total. The molecule has 0 amide bonds. The number of carbonyl (C=O) groups excluding carboxylic acids is 3. The Morgan fingerprint density at radius 3 is 0.645 bits per heavy atom. The molecule has 0 aliphatic rings. The summed E-state index contributed by atoms with van der Waals surface area (Å²) in [4.78, 5) is 38.0. The quantitative estimate of drug-likeness (QED) is 0.0344. The molecule has 0 aromatic rings. The van der Waals surface area contributed by atoms with Crippen molar-refractivity contribution >= 4 is 17.9 Å². The molecule has 0 aliphatic carbocycles. The highest BCUT2D eigenvalue weighted by atomic mass is 16.6. The predicted molar refractivity (Wildman–Crippen MR) is 266 cm³/mol. The normalized spacial score (nSPS) is 11.9. The second kappa shape index (κ2) is 52.0. The van der Waals surface area contributed by atoms with Crippen LogP contribution in [0.5, 0.6) is 0 Å². The van der Waals surface area contributed by atoms with Crippen molar-refractivity contribution in [3.63, 3.8) is 0 Å². The number of esters is 3. The van der Waals surface area contributed by atoms with Gasteiger partial charge in [-0.1, -0.05) is 284 Å². The molecule has 368 valence electrons. The van der Waals surface area contributed by atoms with Crippen molar-refractivity contribution in [1.29, 1.82) is 0 Å². The first kappa shape index (κ1) is 60.4. The van der Waals surface area contributed by atoms with Crippen LogP contribution in [0.1, 0.15) is 323 Å². The highest BCUT2D eigenvalue weighted by molar-refractivity contribution is 5.71. The lowest BCUT2D eigenvalue weighted by atomic mass is 10.0. The molecular formula is C56H108O6. The molecule has 0 radical (unpaired) electrons. The third-order valence-electron chi connectivity index (χ3n) is 12.9. The Morgan fingerprint density at radius 1 is 0.258 bits per heavy atom. The van der Waals surface area contributed by atoms with Gasteiger partial charge < -0.3 is 14.2 Å². The molecule has 1 atom stereocenters. The van der Waals surface area contributed by atoms with Crippen molar-refractivity contribution in [1.82, 2.24) is 0 Å². The fraction of sp³-hybridized carbons (Fsp3) is 0.946. The monoisotopic (exact) mass is 877 g/mol. The van der Waals surface area contributed by atoms with Crippen LogP contribution in [0, 0.1) is 0 Å². The van der Waals surface area contributed by atoms with Gasteiger partial charge in [-0.05, 0) is 19.3 Å². The van der Waals surface area contributed by atoms with Gasteiger partial charge in [-0.25, -0.2) is 0 Å². The molecular weight excluding hydrogens is 769 g/mol. The maximum Gasteiger partial charge on any atom is 0.306 e. The molecule has 0 saturated carbocycles. The molecule has 6 heteroatoms. The SMILES string of the molecule is CCCCCCCCCCCCCCCCCCCCCC(=O)OCC(COC(=O)CCCCCCCCCCCCCC)OC(=O)CCCCCCCCCCCCCCC. The number of carbonyl (C=O) groups is 3. The molecule has 0 aromatic heterocycles. The molecule has 0 aliphatic heterocycles. The van der Waals surface area contributed by atoms with Crippen LogP contribution >= 0.6 is 0 Å². The van der Waals surface area contributed by atoms with E-state index < -0.39 is 6.10 Å². The van der Waals surface area contributed by atoms with Gasteiger partial charge in [0.05, 0.1) is 0 Å². The van der Waals surface area contributed by atoms with E-state index >= 15 is 0 Å². The van der Waals surface area contributed by atoms with E-state index in [1.165, 1.54) is 225 Å². The topological polar surface area (TPSA) is 78.9 Å². The van der Waals surface area contributed by atoms with Crippen LogP contribution in [-0.4, -0.2) is 37.2 Å². The number of ether oxygens (including phenoxy) is 3. The van der Waals surface area contributed by atoms with E-state index in [2.05, 4.69) is 20.8 Å². The lowest BCUT2D eigenvalue weighted by Gasteiger charge is -2.18. The summed E-state index contributed by atoms with van der Waals surface area (Å²) in [6.07, 6.45) is 56.6. The summed E-state index contributed by atoms with van der Waals surface area (Å²) < 4.78 is 16.8. The average molecular weight is 877 g/mol. The lowest BCUT2D eigenvalue weighted by Crippen LogP contribution is -2.30. The van der Waals surface area contributed by atoms with Crippen molar-refractivity contribution in [2.45, 2.75) is 329 Å². The molecule has 0 bridgehead atoms. The number of rotatable bonds is 52. The standard InChI is InChI=1S/C56H108O6/c1-4-7-10-13-16-19-22-25-26-27-28-29-30-32-34-37-40-43-46-49-55(58)61-52-53(51-60-54(57)48-45-42-39-36-33-24-21-18-15-12-9-6-3)62-56(59)50-47-44-41-38-35-31-23-20-17-14-11-8-5-2/h53H,4-52H2,1-3H3. The van der Waals surface area contributed by atoms with Gasteiger partial charge >= 0.3 is 17.9 Å². The van der Waals surface area contributed by atoms with Gasteiger partial charge in [-0.3, -0.25) is 14.4 Å². The van der Waals surface area contributed by atoms with Gasteiger partial charge in [0.15, 0.2) is 6.10 Å². The smallest absolute Gasteiger partial charge is 0.306 e. The summed E-state index contributed by atoms with van der Waals surface area (Å²) in [5, 5.41) is 0. The predicted octanol–water partition coefficient (Wildman–Crippen LogP) is 18.4. The Bertz CT molecular complexity index is 920. The molecule has 62 heavy (non-hydrogen) atoms. The molecule has 0 spiro atoms. The third-order valence-corrected chi connectivity index (χ3v) is 12.9. The maximum atomic E-state index is 12.8. The minimum absolute atomic E-state index is 0.0613. The van der Waals surface area contributed by atoms with Crippen LogP contribution in [0.15, 0.2) is 0 Å². The molecule has 0 rings (SSSR count). The van der Waals surface area contributed by atoms with E-state index in [1.54, 1.807) is 0 Å². The fourth-order valence-electron chi connectivity index (χ4n) is 8.62. The van der Waals surface area contributed by atoms with Crippen LogP contribution in [0.4, 0.5) is 0 Å². The van der Waals surface area contributed by atoms with E-state index in [0.717, 1.165) is 57.8 Å². The summed E-state index contributed by atoms with van der Waals surface area (Å²) >= 11 is 0. The van der Waals surface area contributed by atoms with E-state index in [1.807, 2.05) is 0 Å². The first-order chi connectivity index (χ1) is 30.5. The highest BCUT2D eigenvalue weighted by Crippen LogP contribution is 2.17. The Balaban J connectivity index is 4.24. The molecule has 1 unspecified atom stereocenters. The average Bonchev–Trinajstić information content (AvgIpc) is 3.27. The van der Waals surface area contributed by atoms with E-state index in [4.69, 9.17) is 14.2 Å². The number of hydrogen-bond donors (Lipinski definition) is 0. The number of hydrogen-bond acceptors (Lipinski definition) is 6. The van der Waals surface area contributed by atoms with Gasteiger partial charge in [-0.15, -0.1) is 0 Å². The van der Waals surface area contributed by atoms with Crippen LogP contribution in [0.2, 0.25) is 0 Å². The second-order valence-electron chi connectivity index (χ2n) is 19.2. The van der Waals surface area contributed by atoms with E-state index in [9.17, 15) is 14.4 Å². The van der Waals surface area contributed by atoms with Gasteiger partial charge in [0, 0.05) is 19.3 Å². The molecule has 0 aromatic carbocycles. The molecule has 0 N–H and O–H groups in total. The zero-order valence-electron chi connectivity index (χ0n) is 42.2. The summed E-state index contributed by atoms with van der Waals surface area (Å²) in [5.41, 5.74) is 0. The van der Waals surface area contributed by atoms with Crippen LogP contribution in [-0.2, 0) is 28.6 Å². The number of unbranched alkanes of at least 4 members (excludes halogenated alkanes) is 41. The van der Waals surface area contributed by atoms with E-state index in [0.29, 0.717) is 19.3 Å². The van der Waals surface area contributed by atoms with Crippen molar-refractivity contribution in [3.8, 4) is 0 Å². The molecule has 0 heterocycles. The van der Waals surface area contributed by atoms with Crippen LogP contribution in [0.25, 0.3) is 0 Å². The Morgan fingerprint density at radius 2 is 0.435 bits per heavy atom. The van der Waals surface area contributed by atoms with Crippen molar-refractivity contribution < 1.29 is 28.6 Å². The maximum absolute atomic E-state index is 12.8.